The molecule has 0 radical (unpaired) electrons. The van der Waals surface area contributed by atoms with Gasteiger partial charge < -0.3 is 4.74 Å². The predicted molar refractivity (Wildman–Crippen MR) is 75.8 cm³/mol. The van der Waals surface area contributed by atoms with Crippen molar-refractivity contribution in [3.8, 4) is 0 Å². The van der Waals surface area contributed by atoms with Crippen molar-refractivity contribution in [2.75, 3.05) is 6.61 Å². The van der Waals surface area contributed by atoms with Gasteiger partial charge in [0.15, 0.2) is 5.38 Å². The van der Waals surface area contributed by atoms with Crippen LogP contribution in [0.2, 0.25) is 0 Å². The van der Waals surface area contributed by atoms with Gasteiger partial charge in [0, 0.05) is 0 Å². The molecule has 0 aliphatic rings. The van der Waals surface area contributed by atoms with E-state index in [4.69, 9.17) is 16.3 Å². The fourth-order valence-electron chi connectivity index (χ4n) is 2.02. The molecule has 2 aromatic carbocycles. The summed E-state index contributed by atoms with van der Waals surface area (Å²) < 4.78 is 4.81. The first kappa shape index (κ1) is 14.3. The molecular formula is C14H12ClNO4. The van der Waals surface area contributed by atoms with Gasteiger partial charge in [-0.1, -0.05) is 24.3 Å². The van der Waals surface area contributed by atoms with Crippen LogP contribution in [0.3, 0.4) is 0 Å². The highest BCUT2D eigenvalue weighted by atomic mass is 35.5. The van der Waals surface area contributed by atoms with Crippen molar-refractivity contribution in [2.45, 2.75) is 12.3 Å². The Morgan fingerprint density at radius 1 is 1.35 bits per heavy atom. The molecule has 0 bridgehead atoms. The summed E-state index contributed by atoms with van der Waals surface area (Å²) in [6.45, 7) is 1.82. The van der Waals surface area contributed by atoms with E-state index in [1.165, 1.54) is 6.07 Å². The van der Waals surface area contributed by atoms with E-state index in [0.29, 0.717) is 5.39 Å². The Bertz CT molecular complexity index is 671. The van der Waals surface area contributed by atoms with Gasteiger partial charge >= 0.3 is 5.97 Å². The number of fused-ring (bicyclic) bond motifs is 1. The summed E-state index contributed by atoms with van der Waals surface area (Å²) in [6, 6.07) is 10.1. The third-order valence-corrected chi connectivity index (χ3v) is 3.29. The van der Waals surface area contributed by atoms with Gasteiger partial charge in [-0.05, 0) is 24.4 Å². The second-order valence-corrected chi connectivity index (χ2v) is 4.53. The first-order chi connectivity index (χ1) is 9.56. The molecule has 2 aromatic rings. The quantitative estimate of drug-likeness (QED) is 0.374. The zero-order valence-corrected chi connectivity index (χ0v) is 11.5. The van der Waals surface area contributed by atoms with Gasteiger partial charge in [-0.3, -0.25) is 14.9 Å². The minimum absolute atomic E-state index is 0.147. The molecule has 0 aromatic heterocycles. The second-order valence-electron chi connectivity index (χ2n) is 4.10. The summed E-state index contributed by atoms with van der Waals surface area (Å²) in [7, 11) is 0. The van der Waals surface area contributed by atoms with E-state index in [-0.39, 0.29) is 17.9 Å². The van der Waals surface area contributed by atoms with Gasteiger partial charge in [-0.2, -0.15) is 0 Å². The van der Waals surface area contributed by atoms with Crippen molar-refractivity contribution in [3.63, 3.8) is 0 Å². The van der Waals surface area contributed by atoms with Gasteiger partial charge in [-0.25, -0.2) is 0 Å². The number of benzene rings is 2. The zero-order valence-electron chi connectivity index (χ0n) is 10.7. The summed E-state index contributed by atoms with van der Waals surface area (Å²) in [4.78, 5) is 22.5. The number of hydrogen-bond donors (Lipinski definition) is 0. The lowest BCUT2D eigenvalue weighted by Crippen LogP contribution is -2.12. The molecule has 0 saturated carbocycles. The number of hydrogen-bond acceptors (Lipinski definition) is 4. The van der Waals surface area contributed by atoms with Crippen LogP contribution >= 0.6 is 11.6 Å². The second kappa shape index (κ2) is 5.88. The number of carbonyl (C=O) groups excluding carboxylic acids is 1. The van der Waals surface area contributed by atoms with Gasteiger partial charge in [0.05, 0.1) is 22.5 Å². The molecule has 1 atom stereocenters. The minimum Gasteiger partial charge on any atom is -0.465 e. The SMILES string of the molecule is CCOC(=O)C(Cl)c1ccc2ccccc2c1[N+](=O)[O-]. The molecule has 2 rings (SSSR count). The standard InChI is InChI=1S/C14H12ClNO4/c1-2-20-14(17)12(15)11-8-7-9-5-3-4-6-10(9)13(11)16(18)19/h3-8,12H,2H2,1H3. The molecule has 0 spiro atoms. The van der Waals surface area contributed by atoms with Gasteiger partial charge in [-0.15, -0.1) is 11.6 Å². The summed E-state index contributed by atoms with van der Waals surface area (Å²) in [5.74, 6) is -0.687. The van der Waals surface area contributed by atoms with Crippen LogP contribution in [0.15, 0.2) is 36.4 Å². The zero-order chi connectivity index (χ0) is 14.7. The number of esters is 1. The topological polar surface area (TPSA) is 69.4 Å². The summed E-state index contributed by atoms with van der Waals surface area (Å²) in [5, 5.41) is 11.3. The van der Waals surface area contributed by atoms with E-state index in [9.17, 15) is 14.9 Å². The number of halogens is 1. The highest BCUT2D eigenvalue weighted by Crippen LogP contribution is 2.36. The Balaban J connectivity index is 2.61. The fraction of sp³-hybridized carbons (Fsp3) is 0.214. The van der Waals surface area contributed by atoms with Crippen LogP contribution in [-0.4, -0.2) is 17.5 Å². The summed E-state index contributed by atoms with van der Waals surface area (Å²) in [5.41, 5.74) is -0.00929. The average molecular weight is 294 g/mol. The van der Waals surface area contributed by atoms with Crippen LogP contribution in [0.4, 0.5) is 5.69 Å². The monoisotopic (exact) mass is 293 g/mol. The Labute approximate surface area is 120 Å². The number of alkyl halides is 1. The first-order valence-electron chi connectivity index (χ1n) is 6.03. The predicted octanol–water partition coefficient (Wildman–Crippen LogP) is 3.59. The maximum Gasteiger partial charge on any atom is 0.328 e. The van der Waals surface area contributed by atoms with Crippen LogP contribution < -0.4 is 0 Å². The van der Waals surface area contributed by atoms with E-state index in [0.717, 1.165) is 5.39 Å². The lowest BCUT2D eigenvalue weighted by Gasteiger charge is -2.11. The molecule has 0 saturated heterocycles. The van der Waals surface area contributed by atoms with Crippen molar-refractivity contribution in [3.05, 3.63) is 52.1 Å². The van der Waals surface area contributed by atoms with E-state index in [1.807, 2.05) is 0 Å². The number of nitro benzene ring substituents is 1. The summed E-state index contributed by atoms with van der Waals surface area (Å²) >= 11 is 6.01. The lowest BCUT2D eigenvalue weighted by atomic mass is 10.0. The van der Waals surface area contributed by atoms with Crippen LogP contribution in [0, 0.1) is 10.1 Å². The van der Waals surface area contributed by atoms with Gasteiger partial charge in [0.2, 0.25) is 0 Å². The molecule has 0 amide bonds. The largest absolute Gasteiger partial charge is 0.465 e. The van der Waals surface area contributed by atoms with Crippen LogP contribution in [0.1, 0.15) is 17.9 Å². The molecule has 1 unspecified atom stereocenters. The Hall–Kier alpha value is -2.14. The van der Waals surface area contributed by atoms with Crippen LogP contribution in [0.5, 0.6) is 0 Å². The van der Waals surface area contributed by atoms with E-state index in [1.54, 1.807) is 37.3 Å². The van der Waals surface area contributed by atoms with E-state index < -0.39 is 16.3 Å². The smallest absolute Gasteiger partial charge is 0.328 e. The number of nitrogens with zero attached hydrogens (tertiary/aromatic N) is 1. The number of rotatable bonds is 4. The highest BCUT2D eigenvalue weighted by Gasteiger charge is 2.29. The molecule has 0 heterocycles. The maximum absolute atomic E-state index is 11.7. The van der Waals surface area contributed by atoms with Crippen molar-refractivity contribution >= 4 is 34.0 Å². The molecule has 0 aliphatic carbocycles. The molecular weight excluding hydrogens is 282 g/mol. The van der Waals surface area contributed by atoms with E-state index in [2.05, 4.69) is 0 Å². The third kappa shape index (κ3) is 2.58. The Morgan fingerprint density at radius 2 is 2.05 bits per heavy atom. The lowest BCUT2D eigenvalue weighted by molar-refractivity contribution is -0.383. The summed E-state index contributed by atoms with van der Waals surface area (Å²) in [6.07, 6.45) is 0. The molecule has 0 aliphatic heterocycles. The van der Waals surface area contributed by atoms with Crippen molar-refractivity contribution in [2.24, 2.45) is 0 Å². The normalized spacial score (nSPS) is 12.1. The molecule has 104 valence electrons. The molecule has 6 heteroatoms. The number of carbonyl (C=O) groups is 1. The molecule has 0 N–H and O–H groups in total. The number of ether oxygens (including phenoxy) is 1. The fourth-order valence-corrected chi connectivity index (χ4v) is 2.26. The highest BCUT2D eigenvalue weighted by molar-refractivity contribution is 6.30. The molecule has 0 fully saturated rings. The molecule has 5 nitrogen and oxygen atoms in total. The molecule has 20 heavy (non-hydrogen) atoms. The van der Waals surface area contributed by atoms with Crippen molar-refractivity contribution in [1.29, 1.82) is 0 Å². The Morgan fingerprint density at radius 3 is 2.70 bits per heavy atom. The maximum atomic E-state index is 11.7. The van der Waals surface area contributed by atoms with E-state index >= 15 is 0 Å². The van der Waals surface area contributed by atoms with Crippen LogP contribution in [-0.2, 0) is 9.53 Å². The van der Waals surface area contributed by atoms with Gasteiger partial charge in [0.25, 0.3) is 5.69 Å². The van der Waals surface area contributed by atoms with Crippen LogP contribution in [0.25, 0.3) is 10.8 Å². The minimum atomic E-state index is -1.19. The van der Waals surface area contributed by atoms with Gasteiger partial charge in [0.1, 0.15) is 0 Å². The number of nitro groups is 1. The van der Waals surface area contributed by atoms with Crippen molar-refractivity contribution < 1.29 is 14.5 Å². The Kier molecular flexibility index (Phi) is 4.20. The first-order valence-corrected chi connectivity index (χ1v) is 6.46. The third-order valence-electron chi connectivity index (χ3n) is 2.88. The average Bonchev–Trinajstić information content (AvgIpc) is 2.45. The van der Waals surface area contributed by atoms with Crippen molar-refractivity contribution in [1.82, 2.24) is 0 Å².